The first-order chi connectivity index (χ1) is 21.7. The Labute approximate surface area is 268 Å². The number of halogens is 5. The minimum Gasteiger partial charge on any atom is -0.478 e. The predicted molar refractivity (Wildman–Crippen MR) is 175 cm³/mol. The van der Waals surface area contributed by atoms with Gasteiger partial charge in [-0.1, -0.05) is 67.9 Å². The van der Waals surface area contributed by atoms with E-state index in [9.17, 15) is 27.5 Å². The molecule has 1 aliphatic heterocycles. The Hall–Kier alpha value is -3.20. The van der Waals surface area contributed by atoms with Crippen molar-refractivity contribution in [2.75, 3.05) is 33.4 Å². The number of rotatable bonds is 8. The molecule has 2 aliphatic rings. The lowest BCUT2D eigenvalue weighted by molar-refractivity contribution is -0.137. The molecule has 0 aromatic heterocycles. The van der Waals surface area contributed by atoms with Gasteiger partial charge >= 0.3 is 12.1 Å². The second kappa shape index (κ2) is 16.9. The Bertz CT molecular complexity index is 1450. The van der Waals surface area contributed by atoms with Crippen LogP contribution in [0.25, 0.3) is 11.1 Å². The normalized spacial score (nSPS) is 16.6. The molecule has 3 N–H and O–H groups in total. The van der Waals surface area contributed by atoms with E-state index < -0.39 is 17.7 Å². The molecule has 0 amide bonds. The summed E-state index contributed by atoms with van der Waals surface area (Å²) in [4.78, 5) is 14.0. The smallest absolute Gasteiger partial charge is 0.418 e. The van der Waals surface area contributed by atoms with Crippen LogP contribution in [0.4, 0.5) is 17.6 Å². The summed E-state index contributed by atoms with van der Waals surface area (Å²) in [6.07, 6.45) is -0.662. The Balaban J connectivity index is 0.00000133. The third kappa shape index (κ3) is 8.96. The maximum absolute atomic E-state index is 14.3. The summed E-state index contributed by atoms with van der Waals surface area (Å²) >= 11 is 6.13. The summed E-state index contributed by atoms with van der Waals surface area (Å²) in [5.41, 5.74) is 8.53. The molecule has 0 saturated carbocycles. The third-order valence-electron chi connectivity index (χ3n) is 8.16. The molecule has 3 aromatic carbocycles. The van der Waals surface area contributed by atoms with E-state index in [1.54, 1.807) is 18.2 Å². The minimum absolute atomic E-state index is 0.0542. The van der Waals surface area contributed by atoms with E-state index in [2.05, 4.69) is 10.6 Å². The molecule has 0 bridgehead atoms. The fraction of sp³-hybridized carbons (Fsp3) is 0.417. The van der Waals surface area contributed by atoms with Crippen LogP contribution in [0.5, 0.6) is 0 Å². The van der Waals surface area contributed by atoms with Crippen molar-refractivity contribution in [2.45, 2.75) is 58.5 Å². The van der Waals surface area contributed by atoms with Crippen LogP contribution in [0.1, 0.15) is 83.3 Å². The Kier molecular flexibility index (Phi) is 13.6. The van der Waals surface area contributed by atoms with Crippen LogP contribution in [0.15, 0.2) is 60.7 Å². The van der Waals surface area contributed by atoms with E-state index in [1.807, 2.05) is 38.1 Å². The maximum Gasteiger partial charge on any atom is 0.418 e. The number of nitrogens with zero attached hydrogens (tertiary/aromatic N) is 1. The number of fused-ring (bicyclic) bond motifs is 1. The summed E-state index contributed by atoms with van der Waals surface area (Å²) in [5.74, 6) is -0.569. The van der Waals surface area contributed by atoms with Crippen LogP contribution in [-0.4, -0.2) is 49.3 Å². The number of hydrogen-bond acceptors (Lipinski definition) is 3. The predicted octanol–water partition coefficient (Wildman–Crippen LogP) is 9.18. The molecule has 1 fully saturated rings. The standard InChI is InChI=1S/C33H32ClF4NO2.C2H6.CH5N/c34-29-7-2-6-28(31(29)33(36,37)38)27-5-1-4-24-19-25(32(40)41)12-13-26(24)30(27)23-10-8-21(9-11-23)18-22-14-17-39(20-22)16-3-15-35;2*1-2/h2,6-13,19,22H,1,3-5,14-18,20H2,(H,40,41);1-2H3;2H2,1H3. The molecule has 1 heterocycles. The van der Waals surface area contributed by atoms with Crippen molar-refractivity contribution in [3.8, 4) is 0 Å². The number of benzene rings is 3. The molecule has 45 heavy (non-hydrogen) atoms. The van der Waals surface area contributed by atoms with Crippen molar-refractivity contribution >= 4 is 28.7 Å². The summed E-state index contributed by atoms with van der Waals surface area (Å²) in [5, 5.41) is 9.21. The van der Waals surface area contributed by atoms with Gasteiger partial charge in [0.2, 0.25) is 0 Å². The second-order valence-electron chi connectivity index (χ2n) is 10.9. The number of allylic oxidation sites excluding steroid dienone is 1. The number of aryl methyl sites for hydroxylation is 1. The van der Waals surface area contributed by atoms with E-state index in [4.69, 9.17) is 11.6 Å². The number of likely N-dealkylation sites (tertiary alicyclic amines) is 1. The number of carboxylic acids is 1. The molecule has 0 radical (unpaired) electrons. The maximum atomic E-state index is 14.3. The van der Waals surface area contributed by atoms with Gasteiger partial charge in [0.05, 0.1) is 22.8 Å². The van der Waals surface area contributed by atoms with Gasteiger partial charge in [-0.25, -0.2) is 4.79 Å². The zero-order valence-corrected chi connectivity index (χ0v) is 26.9. The third-order valence-corrected chi connectivity index (χ3v) is 8.48. The molecule has 1 unspecified atom stereocenters. The first kappa shape index (κ1) is 36.3. The van der Waals surface area contributed by atoms with Crippen LogP contribution < -0.4 is 5.73 Å². The van der Waals surface area contributed by atoms with Crippen LogP contribution in [-0.2, 0) is 19.0 Å². The van der Waals surface area contributed by atoms with Crippen LogP contribution in [0.2, 0.25) is 5.02 Å². The Morgan fingerprint density at radius 2 is 1.73 bits per heavy atom. The molecule has 1 saturated heterocycles. The lowest BCUT2D eigenvalue weighted by Crippen LogP contribution is -2.22. The first-order valence-corrected chi connectivity index (χ1v) is 15.9. The topological polar surface area (TPSA) is 66.6 Å². The fourth-order valence-electron chi connectivity index (χ4n) is 6.29. The Morgan fingerprint density at radius 3 is 2.38 bits per heavy atom. The van der Waals surface area contributed by atoms with Gasteiger partial charge in [0.1, 0.15) is 0 Å². The van der Waals surface area contributed by atoms with Crippen molar-refractivity contribution in [1.29, 1.82) is 0 Å². The van der Waals surface area contributed by atoms with E-state index in [-0.39, 0.29) is 22.8 Å². The molecule has 5 rings (SSSR count). The fourth-order valence-corrected chi connectivity index (χ4v) is 6.57. The highest BCUT2D eigenvalue weighted by Gasteiger charge is 2.37. The number of nitrogens with two attached hydrogens (primary N) is 1. The molecular formula is C36H43ClF4N2O2. The van der Waals surface area contributed by atoms with E-state index in [0.29, 0.717) is 42.7 Å². The first-order valence-electron chi connectivity index (χ1n) is 15.6. The lowest BCUT2D eigenvalue weighted by Gasteiger charge is -2.21. The van der Waals surface area contributed by atoms with Crippen LogP contribution >= 0.6 is 11.6 Å². The summed E-state index contributed by atoms with van der Waals surface area (Å²) in [7, 11) is 1.50. The van der Waals surface area contributed by atoms with Gasteiger partial charge in [-0.05, 0) is 115 Å². The second-order valence-corrected chi connectivity index (χ2v) is 11.4. The van der Waals surface area contributed by atoms with Gasteiger partial charge in [-0.15, -0.1) is 0 Å². The van der Waals surface area contributed by atoms with Crippen molar-refractivity contribution in [2.24, 2.45) is 11.7 Å². The lowest BCUT2D eigenvalue weighted by atomic mass is 9.85. The number of carboxylic acid groups (broad SMARTS) is 1. The van der Waals surface area contributed by atoms with Gasteiger partial charge in [0.25, 0.3) is 0 Å². The average Bonchev–Trinajstić information content (AvgIpc) is 3.39. The summed E-state index contributed by atoms with van der Waals surface area (Å²) in [6.45, 7) is 6.37. The minimum atomic E-state index is -4.64. The van der Waals surface area contributed by atoms with Gasteiger partial charge in [0, 0.05) is 13.1 Å². The van der Waals surface area contributed by atoms with Crippen LogP contribution in [0.3, 0.4) is 0 Å². The highest BCUT2D eigenvalue weighted by Crippen LogP contribution is 2.46. The number of carbonyl (C=O) groups is 1. The quantitative estimate of drug-likeness (QED) is 0.240. The van der Waals surface area contributed by atoms with Crippen molar-refractivity contribution < 1.29 is 27.5 Å². The number of alkyl halides is 4. The van der Waals surface area contributed by atoms with Gasteiger partial charge in [-0.2, -0.15) is 13.2 Å². The SMILES string of the molecule is CC.CN.O=C(O)c1ccc2c(c1)CCCC(c1cccc(Cl)c1C(F)(F)F)=C2c1ccc(CC2CCN(CCCF)C2)cc1. The van der Waals surface area contributed by atoms with E-state index >= 15 is 0 Å². The molecule has 3 aromatic rings. The average molecular weight is 647 g/mol. The largest absolute Gasteiger partial charge is 0.478 e. The van der Waals surface area contributed by atoms with Crippen LogP contribution in [0, 0.1) is 5.92 Å². The van der Waals surface area contributed by atoms with Gasteiger partial charge in [-0.3, -0.25) is 4.39 Å². The van der Waals surface area contributed by atoms with E-state index in [1.165, 1.54) is 25.2 Å². The van der Waals surface area contributed by atoms with Gasteiger partial charge < -0.3 is 15.7 Å². The van der Waals surface area contributed by atoms with E-state index in [0.717, 1.165) is 54.7 Å². The molecule has 4 nitrogen and oxygen atoms in total. The molecule has 1 aliphatic carbocycles. The molecule has 244 valence electrons. The van der Waals surface area contributed by atoms with Crippen molar-refractivity contribution in [3.63, 3.8) is 0 Å². The number of aromatic carboxylic acids is 1. The summed E-state index contributed by atoms with van der Waals surface area (Å²) in [6, 6.07) is 17.1. The molecule has 1 atom stereocenters. The summed E-state index contributed by atoms with van der Waals surface area (Å²) < 4.78 is 55.4. The molecule has 0 spiro atoms. The zero-order chi connectivity index (χ0) is 33.1. The van der Waals surface area contributed by atoms with Gasteiger partial charge in [0.15, 0.2) is 0 Å². The highest BCUT2D eigenvalue weighted by molar-refractivity contribution is 6.31. The molecular weight excluding hydrogens is 604 g/mol. The van der Waals surface area contributed by atoms with Crippen molar-refractivity contribution in [1.82, 2.24) is 4.90 Å². The molecule has 9 heteroatoms. The Morgan fingerprint density at radius 1 is 1.02 bits per heavy atom. The number of hydrogen-bond donors (Lipinski definition) is 2. The van der Waals surface area contributed by atoms with Crippen molar-refractivity contribution in [3.05, 3.63) is 105 Å². The zero-order valence-electron chi connectivity index (χ0n) is 26.2. The highest BCUT2D eigenvalue weighted by atomic mass is 35.5. The monoisotopic (exact) mass is 646 g/mol.